The van der Waals surface area contributed by atoms with Crippen LogP contribution in [-0.2, 0) is 77.0 Å². The molecule has 0 N–H and O–H groups in total. The number of fused-ring (bicyclic) bond motifs is 30. The van der Waals surface area contributed by atoms with Gasteiger partial charge in [-0.1, -0.05) is 214 Å². The van der Waals surface area contributed by atoms with E-state index in [-0.39, 0.29) is 248 Å². The van der Waals surface area contributed by atoms with Gasteiger partial charge in [0.1, 0.15) is 6.67 Å². The molecule has 0 radical (unpaired) electrons. The van der Waals surface area contributed by atoms with Gasteiger partial charge in [-0.15, -0.1) is 39.5 Å². The van der Waals surface area contributed by atoms with Crippen molar-refractivity contribution in [2.45, 2.75) is 153 Å². The second-order valence-electron chi connectivity index (χ2n) is 34.4. The molecule has 24 unspecified atom stereocenters. The minimum absolute atomic E-state index is 0. The minimum Gasteiger partial charge on any atom is -0.278 e. The molecule has 12 bridgehead atoms. The van der Waals surface area contributed by atoms with Crippen LogP contribution in [0.5, 0.6) is 0 Å². The van der Waals surface area contributed by atoms with Crippen molar-refractivity contribution >= 4 is 82.3 Å². The lowest BCUT2D eigenvalue weighted by molar-refractivity contribution is -0.150. The Kier molecular flexibility index (Phi) is 29.2. The molecule has 18 heteroatoms. The summed E-state index contributed by atoms with van der Waals surface area (Å²) in [5, 5.41) is 0. The normalized spacial score (nSPS) is 33.4. The number of allylic oxidation sites excluding steroid dienone is 18. The fourth-order valence-corrected chi connectivity index (χ4v) is 21.9. The van der Waals surface area contributed by atoms with Gasteiger partial charge in [0.2, 0.25) is 70.9 Å². The summed E-state index contributed by atoms with van der Waals surface area (Å²) in [4.78, 5) is 163. The van der Waals surface area contributed by atoms with Gasteiger partial charge in [0.25, 0.3) is 0 Å². The van der Waals surface area contributed by atoms with E-state index in [1.165, 1.54) is 29.4 Å². The molecule has 6 saturated heterocycles. The third-order valence-corrected chi connectivity index (χ3v) is 27.7. The molecule has 0 aromatic heterocycles. The van der Waals surface area contributed by atoms with Crippen LogP contribution in [0.4, 0.5) is 11.4 Å². The zero-order valence-electron chi connectivity index (χ0n) is 69.3. The Hall–Kier alpha value is -10.6. The first kappa shape index (κ1) is 90.2. The molecule has 18 aliphatic rings. The number of amides is 12. The van der Waals surface area contributed by atoms with Gasteiger partial charge in [0, 0.05) is 0 Å². The Morgan fingerprint density at radius 2 is 0.433 bits per heavy atom. The van der Waals surface area contributed by atoms with Gasteiger partial charge in [-0.25, -0.2) is 0 Å². The van der Waals surface area contributed by atoms with Crippen LogP contribution in [0.15, 0.2) is 222 Å². The fraction of sp³-hybridized carbons (Fsp3) is 0.471. The second kappa shape index (κ2) is 38.8. The Morgan fingerprint density at radius 3 is 0.617 bits per heavy atom. The van der Waals surface area contributed by atoms with Crippen molar-refractivity contribution in [2.24, 2.45) is 142 Å². The van der Waals surface area contributed by atoms with Gasteiger partial charge in [-0.3, -0.25) is 86.9 Å². The molecular weight excluding hydrogens is 1500 g/mol. The monoisotopic (exact) mass is 1620 g/mol. The van der Waals surface area contributed by atoms with Crippen LogP contribution in [0.3, 0.4) is 0 Å². The number of likely N-dealkylation sites (tertiary alicyclic amines) is 4. The predicted octanol–water partition coefficient (Wildman–Crippen LogP) is 17.5. The molecule has 3 aromatic rings. The van der Waals surface area contributed by atoms with E-state index in [1.807, 2.05) is 134 Å². The number of rotatable bonds is 16. The largest absolute Gasteiger partial charge is 0.278 e. The highest BCUT2D eigenvalue weighted by Gasteiger charge is 2.66. The van der Waals surface area contributed by atoms with E-state index in [4.69, 9.17) is 0 Å². The molecule has 6 saturated carbocycles. The zero-order valence-corrected chi connectivity index (χ0v) is 69.3. The van der Waals surface area contributed by atoms with Gasteiger partial charge in [-0.2, -0.15) is 0 Å². The molecule has 3 aromatic carbocycles. The summed E-state index contributed by atoms with van der Waals surface area (Å²) in [5.41, 5.74) is 5.10. The van der Waals surface area contributed by atoms with E-state index in [0.29, 0.717) is 17.8 Å². The van der Waals surface area contributed by atoms with Gasteiger partial charge in [-0.05, 0) is 201 Å². The van der Waals surface area contributed by atoms with E-state index >= 15 is 0 Å². The van der Waals surface area contributed by atoms with Crippen molar-refractivity contribution in [1.29, 1.82) is 0 Å². The highest BCUT2D eigenvalue weighted by Crippen LogP contribution is 2.59. The van der Waals surface area contributed by atoms with Crippen LogP contribution in [0.2, 0.25) is 0 Å². The van der Waals surface area contributed by atoms with Gasteiger partial charge in [0.15, 0.2) is 0 Å². The van der Waals surface area contributed by atoms with Crippen molar-refractivity contribution in [3.8, 4) is 0 Å². The summed E-state index contributed by atoms with van der Waals surface area (Å²) < 4.78 is 0. The lowest BCUT2D eigenvalue weighted by Crippen LogP contribution is -2.46. The summed E-state index contributed by atoms with van der Waals surface area (Å²) >= 11 is 0. The smallest absolute Gasteiger partial charge is 0.238 e. The quantitative estimate of drug-likeness (QED) is 0.0964. The Morgan fingerprint density at radius 1 is 0.258 bits per heavy atom. The number of imide groups is 6. The number of anilines is 2. The predicted molar refractivity (Wildman–Crippen MR) is 469 cm³/mol. The third-order valence-electron chi connectivity index (χ3n) is 27.7. The molecule has 12 aliphatic carbocycles. The molecular formula is C102H124N6O12. The number of hydrogen-bond acceptors (Lipinski definition) is 12. The molecule has 634 valence electrons. The van der Waals surface area contributed by atoms with E-state index in [2.05, 4.69) is 130 Å². The van der Waals surface area contributed by atoms with Crippen LogP contribution in [0.1, 0.15) is 156 Å². The Bertz CT molecular complexity index is 4190. The molecule has 12 amide bonds. The maximum absolute atomic E-state index is 13.1. The Balaban J connectivity index is 0.000000155. The lowest BCUT2D eigenvalue weighted by Gasteiger charge is -2.24. The zero-order chi connectivity index (χ0) is 84.2. The van der Waals surface area contributed by atoms with Gasteiger partial charge in [0.05, 0.1) is 95.5 Å². The molecule has 12 fully saturated rings. The maximum Gasteiger partial charge on any atom is 0.238 e. The van der Waals surface area contributed by atoms with E-state index in [9.17, 15) is 57.5 Å². The first-order chi connectivity index (χ1) is 57.0. The van der Waals surface area contributed by atoms with Crippen molar-refractivity contribution in [2.75, 3.05) is 16.5 Å². The second-order valence-corrected chi connectivity index (χ2v) is 34.4. The highest BCUT2D eigenvalue weighted by atomic mass is 16.2. The van der Waals surface area contributed by atoms with Gasteiger partial charge >= 0.3 is 0 Å². The third kappa shape index (κ3) is 16.5. The van der Waals surface area contributed by atoms with Crippen LogP contribution in [0, 0.1) is 142 Å². The summed E-state index contributed by atoms with van der Waals surface area (Å²) in [5.74, 6) is -1.75. The number of nitrogens with zero attached hydrogens (tertiary/aromatic N) is 6. The first-order valence-corrected chi connectivity index (χ1v) is 43.2. The topological polar surface area (TPSA) is 224 Å². The summed E-state index contributed by atoms with van der Waals surface area (Å²) in [7, 11) is 0. The van der Waals surface area contributed by atoms with E-state index in [0.717, 1.165) is 99.3 Å². The molecule has 18 nitrogen and oxygen atoms in total. The Labute approximate surface area is 710 Å². The summed E-state index contributed by atoms with van der Waals surface area (Å²) in [6.07, 6.45) is 48.9. The van der Waals surface area contributed by atoms with E-state index < -0.39 is 0 Å². The first-order valence-electron chi connectivity index (χ1n) is 43.2. The summed E-state index contributed by atoms with van der Waals surface area (Å²) in [6, 6.07) is 22.9. The van der Waals surface area contributed by atoms with Crippen LogP contribution >= 0.6 is 0 Å². The average Bonchev–Trinajstić information content (AvgIpc) is 1.56. The number of hydrogen-bond donors (Lipinski definition) is 0. The molecule has 21 rings (SSSR count). The van der Waals surface area contributed by atoms with Crippen LogP contribution in [0.25, 0.3) is 0 Å². The molecule has 120 heavy (non-hydrogen) atoms. The number of benzene rings is 3. The van der Waals surface area contributed by atoms with Crippen molar-refractivity contribution in [3.63, 3.8) is 0 Å². The maximum atomic E-state index is 13.1. The number of carbonyl (C=O) groups is 12. The molecule has 6 heterocycles. The lowest BCUT2D eigenvalue weighted by atomic mass is 9.85. The highest BCUT2D eigenvalue weighted by molar-refractivity contribution is 6.24. The van der Waals surface area contributed by atoms with E-state index in [1.54, 1.807) is 0 Å². The minimum atomic E-state index is -0.285. The average molecular weight is 1630 g/mol. The standard InChI is InChI=1S/C31H26N2O4.C26H24N2O4.C19H18N2O4.6C4H8.2CH4/c34-28-24-18-5-6-19(14-18)25(24)29(35)32(28)22-9-1-16(2-10-22)13-17-3-11-23(12-4-17)33-30(36)26-20-7-8-21(15-20)27(26)31(33)37;29-23-19-15-4-5-16(9-15)20(19)24(30)27(23)11-13-2-1-3-14(8-13)12-28-25(31)21-17-6-7-18(10-17)22(21)26(28)32;22-16-12-8-1-2-9(5-8)13(12)17(23)20(16)7-21-18(24)14-10-3-4-11(6-10)15(14)19(21)25;6*1-3-4-2;;/h1-12,18-21,24-27H,13-15H2;1-8,15-22H,9-12H2;1-4,8-15H,5-7H2;6*3H,1,4H2,2H3;2*1H4. The molecule has 6 aliphatic heterocycles. The van der Waals surface area contributed by atoms with Crippen molar-refractivity contribution in [3.05, 3.63) is 244 Å². The molecule has 24 atom stereocenters. The van der Waals surface area contributed by atoms with Crippen molar-refractivity contribution in [1.82, 2.24) is 19.6 Å². The molecule has 0 spiro atoms. The number of carbonyl (C=O) groups excluding carboxylic acids is 12. The van der Waals surface area contributed by atoms with Gasteiger partial charge < -0.3 is 0 Å². The fourth-order valence-electron chi connectivity index (χ4n) is 21.9. The SMILES string of the molecule is C.C.C=CCC.C=CCC.C=CCC.C=CCC.C=CCC.C=CCC.O=C1C2C3C=CC(C3)C2C(=O)N1CN1C(=O)C2C3C=CC(C3)C2C1=O.O=C1C2C3C=CC(C3)C2C(=O)N1Cc1cccc(CN2C(=O)C3C4C=CC(C4)C3C2=O)c1.O=C1C2C3C=CC(C3)C2C(=O)N1c1ccc(Cc2ccc(N3C(=O)C4C5C=CC(C5)C4C3=O)cc2)cc1. The van der Waals surface area contributed by atoms with Crippen LogP contribution < -0.4 is 9.80 Å². The van der Waals surface area contributed by atoms with Crippen LogP contribution in [-0.4, -0.2) is 97.2 Å². The summed E-state index contributed by atoms with van der Waals surface area (Å²) in [6.45, 7) is 33.6. The van der Waals surface area contributed by atoms with Crippen molar-refractivity contribution < 1.29 is 57.5 Å².